The van der Waals surface area contributed by atoms with E-state index in [1.54, 1.807) is 24.3 Å². The largest absolute Gasteiger partial charge is 0.479 e. The molecule has 0 fully saturated rings. The molecule has 0 radical (unpaired) electrons. The lowest BCUT2D eigenvalue weighted by Gasteiger charge is -2.09. The van der Waals surface area contributed by atoms with Crippen molar-refractivity contribution in [1.29, 1.82) is 0 Å². The highest BCUT2D eigenvalue weighted by Gasteiger charge is 2.15. The Morgan fingerprint density at radius 3 is 2.62 bits per heavy atom. The average Bonchev–Trinajstić information content (AvgIpc) is 2.47. The summed E-state index contributed by atoms with van der Waals surface area (Å²) in [5.74, 6) is -1.71. The molecule has 2 rings (SSSR count). The van der Waals surface area contributed by atoms with Gasteiger partial charge in [0.1, 0.15) is 5.15 Å². The number of aliphatic hydroxyl groups excluding tert-OH is 1. The van der Waals surface area contributed by atoms with Crippen LogP contribution in [0.3, 0.4) is 0 Å². The van der Waals surface area contributed by atoms with Gasteiger partial charge in [-0.25, -0.2) is 9.78 Å². The van der Waals surface area contributed by atoms with Crippen LogP contribution in [-0.2, 0) is 4.79 Å². The molecule has 1 atom stereocenters. The third-order valence-electron chi connectivity index (χ3n) is 2.98. The standard InChI is InChI=1S/C14H13ClN2O4/c15-12-9-4-2-1-3-8(9)10(7-17-12)13(19)16-6-5-11(18)14(20)21/h1-4,7,11,18H,5-6H2,(H,16,19)(H,20,21)/t11-/m0/s1. The predicted octanol–water partition coefficient (Wildman–Crippen LogP) is 1.45. The number of aliphatic hydroxyl groups is 1. The second kappa shape index (κ2) is 6.51. The first-order chi connectivity index (χ1) is 10.0. The highest BCUT2D eigenvalue weighted by atomic mass is 35.5. The summed E-state index contributed by atoms with van der Waals surface area (Å²) in [6.45, 7) is 0.0449. The molecule has 21 heavy (non-hydrogen) atoms. The summed E-state index contributed by atoms with van der Waals surface area (Å²) < 4.78 is 0. The van der Waals surface area contributed by atoms with Crippen LogP contribution >= 0.6 is 11.6 Å². The van der Waals surface area contributed by atoms with Crippen molar-refractivity contribution in [1.82, 2.24) is 10.3 Å². The summed E-state index contributed by atoms with van der Waals surface area (Å²) in [7, 11) is 0. The third kappa shape index (κ3) is 3.48. The van der Waals surface area contributed by atoms with E-state index in [0.29, 0.717) is 21.5 Å². The van der Waals surface area contributed by atoms with Crippen LogP contribution in [0.15, 0.2) is 30.5 Å². The molecule has 3 N–H and O–H groups in total. The summed E-state index contributed by atoms with van der Waals surface area (Å²) in [5.41, 5.74) is 0.347. The number of carbonyl (C=O) groups is 2. The van der Waals surface area contributed by atoms with Gasteiger partial charge in [0.25, 0.3) is 5.91 Å². The van der Waals surface area contributed by atoms with Crippen LogP contribution < -0.4 is 5.32 Å². The molecule has 0 aliphatic heterocycles. The highest BCUT2D eigenvalue weighted by Crippen LogP contribution is 2.23. The molecule has 0 bridgehead atoms. The molecular weight excluding hydrogens is 296 g/mol. The maximum atomic E-state index is 12.1. The fraction of sp³-hybridized carbons (Fsp3) is 0.214. The Morgan fingerprint density at radius 2 is 1.95 bits per heavy atom. The number of hydrogen-bond donors (Lipinski definition) is 3. The van der Waals surface area contributed by atoms with Gasteiger partial charge in [-0.15, -0.1) is 0 Å². The van der Waals surface area contributed by atoms with Crippen molar-refractivity contribution in [2.24, 2.45) is 0 Å². The number of nitrogens with zero attached hydrogens (tertiary/aromatic N) is 1. The molecule has 0 saturated heterocycles. The number of nitrogens with one attached hydrogen (secondary N) is 1. The van der Waals surface area contributed by atoms with Gasteiger partial charge >= 0.3 is 5.97 Å². The molecule has 1 aromatic heterocycles. The molecule has 2 aromatic rings. The van der Waals surface area contributed by atoms with Crippen LogP contribution in [0.5, 0.6) is 0 Å². The normalized spacial score (nSPS) is 12.1. The Labute approximate surface area is 125 Å². The average molecular weight is 309 g/mol. The Bertz CT molecular complexity index is 690. The first-order valence-electron chi connectivity index (χ1n) is 6.23. The van der Waals surface area contributed by atoms with Gasteiger partial charge in [0.2, 0.25) is 0 Å². The number of fused-ring (bicyclic) bond motifs is 1. The summed E-state index contributed by atoms with van der Waals surface area (Å²) in [5, 5.41) is 21.9. The van der Waals surface area contributed by atoms with Crippen molar-refractivity contribution in [2.45, 2.75) is 12.5 Å². The van der Waals surface area contributed by atoms with Gasteiger partial charge in [0.15, 0.2) is 6.10 Å². The van der Waals surface area contributed by atoms with Crippen LogP contribution in [0.2, 0.25) is 5.15 Å². The predicted molar refractivity (Wildman–Crippen MR) is 77.3 cm³/mol. The molecule has 1 heterocycles. The summed E-state index contributed by atoms with van der Waals surface area (Å²) >= 11 is 5.97. The summed E-state index contributed by atoms with van der Waals surface area (Å²) in [6.07, 6.45) is -0.196. The zero-order chi connectivity index (χ0) is 15.4. The van der Waals surface area contributed by atoms with Gasteiger partial charge in [-0.3, -0.25) is 4.79 Å². The van der Waals surface area contributed by atoms with E-state index in [1.165, 1.54) is 6.20 Å². The number of halogens is 1. The summed E-state index contributed by atoms with van der Waals surface area (Å²) in [6, 6.07) is 7.09. The number of carboxylic acid groups (broad SMARTS) is 1. The number of aromatic nitrogens is 1. The van der Waals surface area contributed by atoms with Crippen LogP contribution in [0.25, 0.3) is 10.8 Å². The monoisotopic (exact) mass is 308 g/mol. The third-order valence-corrected chi connectivity index (χ3v) is 3.28. The zero-order valence-corrected chi connectivity index (χ0v) is 11.7. The van der Waals surface area contributed by atoms with Crippen LogP contribution in [-0.4, -0.2) is 39.7 Å². The minimum absolute atomic E-state index is 0.0449. The highest BCUT2D eigenvalue weighted by molar-refractivity contribution is 6.34. The van der Waals surface area contributed by atoms with Crippen molar-refractivity contribution >= 4 is 34.2 Å². The van der Waals surface area contributed by atoms with Gasteiger partial charge in [-0.1, -0.05) is 35.9 Å². The molecular formula is C14H13ClN2O4. The first kappa shape index (κ1) is 15.2. The van der Waals surface area contributed by atoms with Crippen LogP contribution in [0, 0.1) is 0 Å². The SMILES string of the molecule is O=C(NCC[C@H](O)C(=O)O)c1cnc(Cl)c2ccccc12. The number of rotatable bonds is 5. The molecule has 0 unspecified atom stereocenters. The topological polar surface area (TPSA) is 99.5 Å². The fourth-order valence-electron chi connectivity index (χ4n) is 1.88. The van der Waals surface area contributed by atoms with E-state index in [-0.39, 0.29) is 13.0 Å². The van der Waals surface area contributed by atoms with Crippen molar-refractivity contribution in [3.63, 3.8) is 0 Å². The minimum Gasteiger partial charge on any atom is -0.479 e. The maximum Gasteiger partial charge on any atom is 0.332 e. The summed E-state index contributed by atoms with van der Waals surface area (Å²) in [4.78, 5) is 26.5. The number of benzene rings is 1. The van der Waals surface area contributed by atoms with Gasteiger partial charge in [0.05, 0.1) is 5.56 Å². The van der Waals surface area contributed by atoms with Gasteiger partial charge in [-0.05, 0) is 5.39 Å². The second-order valence-corrected chi connectivity index (χ2v) is 4.76. The zero-order valence-electron chi connectivity index (χ0n) is 10.9. The molecule has 1 amide bonds. The Morgan fingerprint density at radius 1 is 1.29 bits per heavy atom. The van der Waals surface area contributed by atoms with Gasteiger partial charge in [0, 0.05) is 24.5 Å². The molecule has 0 spiro atoms. The van der Waals surface area contributed by atoms with Crippen molar-refractivity contribution in [3.05, 3.63) is 41.2 Å². The molecule has 6 nitrogen and oxygen atoms in total. The second-order valence-electron chi connectivity index (χ2n) is 4.41. The minimum atomic E-state index is -1.50. The molecule has 110 valence electrons. The lowest BCUT2D eigenvalue weighted by Crippen LogP contribution is -2.30. The van der Waals surface area contributed by atoms with Crippen molar-refractivity contribution in [3.8, 4) is 0 Å². The number of pyridine rings is 1. The molecule has 0 saturated carbocycles. The number of carbonyl (C=O) groups excluding carboxylic acids is 1. The lowest BCUT2D eigenvalue weighted by atomic mass is 10.1. The van der Waals surface area contributed by atoms with E-state index in [9.17, 15) is 9.59 Å². The van der Waals surface area contributed by atoms with E-state index in [4.69, 9.17) is 21.8 Å². The molecule has 7 heteroatoms. The Kier molecular flexibility index (Phi) is 4.72. The molecule has 0 aliphatic carbocycles. The quantitative estimate of drug-likeness (QED) is 0.726. The smallest absolute Gasteiger partial charge is 0.332 e. The van der Waals surface area contributed by atoms with Gasteiger partial charge < -0.3 is 15.5 Å². The Balaban J connectivity index is 2.13. The first-order valence-corrected chi connectivity index (χ1v) is 6.61. The van der Waals surface area contributed by atoms with Crippen molar-refractivity contribution < 1.29 is 19.8 Å². The number of carboxylic acids is 1. The number of amides is 1. The van der Waals surface area contributed by atoms with E-state index in [1.807, 2.05) is 0 Å². The van der Waals surface area contributed by atoms with Crippen molar-refractivity contribution in [2.75, 3.05) is 6.54 Å². The van der Waals surface area contributed by atoms with Crippen LogP contribution in [0.4, 0.5) is 0 Å². The van der Waals surface area contributed by atoms with E-state index >= 15 is 0 Å². The number of hydrogen-bond acceptors (Lipinski definition) is 4. The Hall–Kier alpha value is -2.18. The van der Waals surface area contributed by atoms with E-state index in [2.05, 4.69) is 10.3 Å². The molecule has 1 aromatic carbocycles. The number of aliphatic carboxylic acids is 1. The maximum absolute atomic E-state index is 12.1. The van der Waals surface area contributed by atoms with Crippen LogP contribution in [0.1, 0.15) is 16.8 Å². The van der Waals surface area contributed by atoms with E-state index < -0.39 is 18.0 Å². The molecule has 0 aliphatic rings. The van der Waals surface area contributed by atoms with Gasteiger partial charge in [-0.2, -0.15) is 0 Å². The fourth-order valence-corrected chi connectivity index (χ4v) is 2.09. The lowest BCUT2D eigenvalue weighted by molar-refractivity contribution is -0.146. The van der Waals surface area contributed by atoms with E-state index in [0.717, 1.165) is 0 Å².